The van der Waals surface area contributed by atoms with Crippen LogP contribution in [0.2, 0.25) is 0 Å². The molecule has 0 rings (SSSR count). The minimum absolute atomic E-state index is 0.0640. The maximum absolute atomic E-state index is 10.4. The first kappa shape index (κ1) is 13.8. The predicted octanol–water partition coefficient (Wildman–Crippen LogP) is 1.97. The molecule has 4 heteroatoms. The fraction of sp³-hybridized carbons (Fsp3) is 0.900. The van der Waals surface area contributed by atoms with Crippen LogP contribution in [0.25, 0.3) is 0 Å². The van der Waals surface area contributed by atoms with Gasteiger partial charge < -0.3 is 10.4 Å². The number of rotatable bonds is 8. The normalized spacial score (nSPS) is 15.1. The maximum atomic E-state index is 10.4. The second kappa shape index (κ2) is 8.12. The van der Waals surface area contributed by atoms with Crippen molar-refractivity contribution < 1.29 is 9.90 Å². The molecule has 0 aromatic carbocycles. The quantitative estimate of drug-likeness (QED) is 0.613. The highest BCUT2D eigenvalue weighted by Crippen LogP contribution is 2.04. The first-order valence-corrected chi connectivity index (χ1v) is 6.27. The number of carbonyl (C=O) groups is 1. The van der Waals surface area contributed by atoms with E-state index >= 15 is 0 Å². The number of carboxylic acid groups (broad SMARTS) is 1. The lowest BCUT2D eigenvalue weighted by Crippen LogP contribution is -2.36. The highest BCUT2D eigenvalue weighted by molar-refractivity contribution is 7.99. The van der Waals surface area contributed by atoms with Crippen LogP contribution in [0.4, 0.5) is 0 Å². The SMILES string of the molecule is CCSCCC(C)NC(C)CC(=O)O. The summed E-state index contributed by atoms with van der Waals surface area (Å²) in [5.74, 6) is 1.56. The Hall–Kier alpha value is -0.220. The minimum Gasteiger partial charge on any atom is -0.481 e. The van der Waals surface area contributed by atoms with Crippen LogP contribution >= 0.6 is 11.8 Å². The van der Waals surface area contributed by atoms with Crippen LogP contribution in [-0.2, 0) is 4.79 Å². The lowest BCUT2D eigenvalue weighted by Gasteiger charge is -2.18. The number of hydrogen-bond acceptors (Lipinski definition) is 3. The molecular weight excluding hydrogens is 198 g/mol. The summed E-state index contributed by atoms with van der Waals surface area (Å²) in [6.45, 7) is 6.17. The molecule has 0 amide bonds. The highest BCUT2D eigenvalue weighted by Gasteiger charge is 2.10. The average Bonchev–Trinajstić information content (AvgIpc) is 2.02. The summed E-state index contributed by atoms with van der Waals surface area (Å²) in [5, 5.41) is 11.8. The van der Waals surface area contributed by atoms with Gasteiger partial charge in [-0.25, -0.2) is 0 Å². The molecular formula is C10H21NO2S. The van der Waals surface area contributed by atoms with Crippen molar-refractivity contribution in [2.24, 2.45) is 0 Å². The van der Waals surface area contributed by atoms with Crippen molar-refractivity contribution in [2.45, 2.75) is 45.7 Å². The van der Waals surface area contributed by atoms with E-state index < -0.39 is 5.97 Å². The summed E-state index contributed by atoms with van der Waals surface area (Å²) >= 11 is 1.92. The van der Waals surface area contributed by atoms with Crippen molar-refractivity contribution in [2.75, 3.05) is 11.5 Å². The Labute approximate surface area is 90.7 Å². The molecule has 0 saturated carbocycles. The molecule has 0 aliphatic carbocycles. The van der Waals surface area contributed by atoms with Gasteiger partial charge in [-0.2, -0.15) is 11.8 Å². The van der Waals surface area contributed by atoms with Crippen LogP contribution < -0.4 is 5.32 Å². The number of nitrogens with one attached hydrogen (secondary N) is 1. The first-order valence-electron chi connectivity index (χ1n) is 5.11. The monoisotopic (exact) mass is 219 g/mol. The van der Waals surface area contributed by atoms with Crippen LogP contribution in [0, 0.1) is 0 Å². The molecule has 0 bridgehead atoms. The number of thioether (sulfide) groups is 1. The molecule has 2 unspecified atom stereocenters. The second-order valence-electron chi connectivity index (χ2n) is 3.55. The molecule has 3 nitrogen and oxygen atoms in total. The zero-order valence-electron chi connectivity index (χ0n) is 9.25. The van der Waals surface area contributed by atoms with Crippen LogP contribution in [0.5, 0.6) is 0 Å². The lowest BCUT2D eigenvalue weighted by molar-refractivity contribution is -0.137. The molecule has 0 aromatic rings. The minimum atomic E-state index is -0.736. The van der Waals surface area contributed by atoms with Crippen molar-refractivity contribution >= 4 is 17.7 Å². The van der Waals surface area contributed by atoms with E-state index in [1.165, 1.54) is 0 Å². The van der Waals surface area contributed by atoms with Crippen molar-refractivity contribution in [1.82, 2.24) is 5.32 Å². The van der Waals surface area contributed by atoms with Crippen LogP contribution in [0.1, 0.15) is 33.6 Å². The Bertz CT molecular complexity index is 164. The van der Waals surface area contributed by atoms with Crippen LogP contribution in [-0.4, -0.2) is 34.7 Å². The van der Waals surface area contributed by atoms with E-state index in [0.717, 1.165) is 17.9 Å². The summed E-state index contributed by atoms with van der Waals surface area (Å²) in [6.07, 6.45) is 1.30. The molecule has 0 fully saturated rings. The Morgan fingerprint density at radius 1 is 1.43 bits per heavy atom. The summed E-state index contributed by atoms with van der Waals surface area (Å²) in [6, 6.07) is 0.470. The fourth-order valence-electron chi connectivity index (χ4n) is 1.29. The molecule has 0 saturated heterocycles. The molecule has 84 valence electrons. The number of hydrogen-bond donors (Lipinski definition) is 2. The summed E-state index contributed by atoms with van der Waals surface area (Å²) in [5.41, 5.74) is 0. The van der Waals surface area contributed by atoms with Gasteiger partial charge in [-0.15, -0.1) is 0 Å². The Morgan fingerprint density at radius 3 is 2.57 bits per heavy atom. The standard InChI is InChI=1S/C10H21NO2S/c1-4-14-6-5-8(2)11-9(3)7-10(12)13/h8-9,11H,4-7H2,1-3H3,(H,12,13). The van der Waals surface area contributed by atoms with E-state index in [1.807, 2.05) is 18.7 Å². The van der Waals surface area contributed by atoms with Crippen LogP contribution in [0.15, 0.2) is 0 Å². The van der Waals surface area contributed by atoms with Gasteiger partial charge in [-0.1, -0.05) is 6.92 Å². The van der Waals surface area contributed by atoms with Gasteiger partial charge in [0.15, 0.2) is 0 Å². The third-order valence-corrected chi connectivity index (χ3v) is 2.88. The molecule has 0 aromatic heterocycles. The molecule has 0 heterocycles. The van der Waals surface area contributed by atoms with Gasteiger partial charge in [0.25, 0.3) is 0 Å². The zero-order valence-corrected chi connectivity index (χ0v) is 10.1. The van der Waals surface area contributed by atoms with Crippen molar-refractivity contribution in [1.29, 1.82) is 0 Å². The molecule has 0 spiro atoms. The van der Waals surface area contributed by atoms with E-state index in [2.05, 4.69) is 19.2 Å². The van der Waals surface area contributed by atoms with E-state index in [1.54, 1.807) is 0 Å². The van der Waals surface area contributed by atoms with Gasteiger partial charge in [0.1, 0.15) is 0 Å². The Balaban J connectivity index is 3.49. The smallest absolute Gasteiger partial charge is 0.304 e. The van der Waals surface area contributed by atoms with E-state index in [0.29, 0.717) is 6.04 Å². The van der Waals surface area contributed by atoms with Crippen molar-refractivity contribution in [3.8, 4) is 0 Å². The fourth-order valence-corrected chi connectivity index (χ4v) is 2.10. The lowest BCUT2D eigenvalue weighted by atomic mass is 10.2. The van der Waals surface area contributed by atoms with Gasteiger partial charge in [0, 0.05) is 12.1 Å². The molecule has 0 radical (unpaired) electrons. The summed E-state index contributed by atoms with van der Waals surface area (Å²) in [4.78, 5) is 10.4. The van der Waals surface area contributed by atoms with E-state index in [9.17, 15) is 4.79 Å². The summed E-state index contributed by atoms with van der Waals surface area (Å²) < 4.78 is 0. The molecule has 14 heavy (non-hydrogen) atoms. The molecule has 2 atom stereocenters. The van der Waals surface area contributed by atoms with Crippen LogP contribution in [0.3, 0.4) is 0 Å². The highest BCUT2D eigenvalue weighted by atomic mass is 32.2. The number of aliphatic carboxylic acids is 1. The van der Waals surface area contributed by atoms with Gasteiger partial charge >= 0.3 is 5.97 Å². The predicted molar refractivity (Wildman–Crippen MR) is 61.9 cm³/mol. The zero-order chi connectivity index (χ0) is 11.0. The average molecular weight is 219 g/mol. The third-order valence-electron chi connectivity index (χ3n) is 1.95. The second-order valence-corrected chi connectivity index (χ2v) is 4.95. The number of carboxylic acids is 1. The van der Waals surface area contributed by atoms with Crippen molar-refractivity contribution in [3.63, 3.8) is 0 Å². The van der Waals surface area contributed by atoms with Gasteiger partial charge in [0.05, 0.1) is 6.42 Å². The van der Waals surface area contributed by atoms with Gasteiger partial charge in [-0.05, 0) is 31.8 Å². The third kappa shape index (κ3) is 8.38. The largest absolute Gasteiger partial charge is 0.481 e. The molecule has 2 N–H and O–H groups in total. The summed E-state index contributed by atoms with van der Waals surface area (Å²) in [7, 11) is 0. The van der Waals surface area contributed by atoms with Crippen molar-refractivity contribution in [3.05, 3.63) is 0 Å². The van der Waals surface area contributed by atoms with E-state index in [-0.39, 0.29) is 12.5 Å². The molecule has 0 aliphatic rings. The van der Waals surface area contributed by atoms with E-state index in [4.69, 9.17) is 5.11 Å². The maximum Gasteiger partial charge on any atom is 0.304 e. The Morgan fingerprint density at radius 2 is 2.07 bits per heavy atom. The first-order chi connectivity index (χ1) is 6.56. The molecule has 0 aliphatic heterocycles. The topological polar surface area (TPSA) is 49.3 Å². The van der Waals surface area contributed by atoms with Gasteiger partial charge in [0.2, 0.25) is 0 Å². The van der Waals surface area contributed by atoms with Gasteiger partial charge in [-0.3, -0.25) is 4.79 Å². The Kier molecular flexibility index (Phi) is 7.99.